The fraction of sp³-hybridized carbons (Fsp3) is 0.467. The van der Waals surface area contributed by atoms with Crippen LogP contribution in [0, 0.1) is 0 Å². The average Bonchev–Trinajstić information content (AvgIpc) is 2.37. The van der Waals surface area contributed by atoms with Gasteiger partial charge in [-0.3, -0.25) is 0 Å². The number of hydrogen-bond acceptors (Lipinski definition) is 0. The molecule has 1 aromatic rings. The van der Waals surface area contributed by atoms with Crippen molar-refractivity contribution in [3.63, 3.8) is 0 Å². The van der Waals surface area contributed by atoms with Gasteiger partial charge in [0.15, 0.2) is 0 Å². The van der Waals surface area contributed by atoms with Crippen LogP contribution in [0.15, 0.2) is 36.4 Å². The van der Waals surface area contributed by atoms with Crippen molar-refractivity contribution in [2.75, 3.05) is 0 Å². The van der Waals surface area contributed by atoms with E-state index in [0.717, 1.165) is 0 Å². The van der Waals surface area contributed by atoms with Crippen molar-refractivity contribution in [2.24, 2.45) is 0 Å². The van der Waals surface area contributed by atoms with Crippen LogP contribution in [0.4, 0.5) is 0 Å². The van der Waals surface area contributed by atoms with Crippen LogP contribution in [0.2, 0.25) is 15.8 Å². The summed E-state index contributed by atoms with van der Waals surface area (Å²) in [5.74, 6) is 0. The van der Waals surface area contributed by atoms with Gasteiger partial charge in [0.25, 0.3) is 0 Å². The number of rotatable bonds is 5. The molecule has 0 aliphatic rings. The Morgan fingerprint density at radius 3 is 1.88 bits per heavy atom. The minimum absolute atomic E-state index is 1.40. The van der Waals surface area contributed by atoms with Crippen molar-refractivity contribution in [3.05, 3.63) is 42.0 Å². The molecule has 0 aliphatic carbocycles. The molecule has 0 nitrogen and oxygen atoms in total. The first-order valence-electron chi connectivity index (χ1n) is 6.46. The SMILES string of the molecule is C/C=[C](/c1ccccc1)[Ge]([CH2]C)([CH2]C)[CH2]C. The molecular formula is C15H24Ge. The van der Waals surface area contributed by atoms with Crippen LogP contribution in [0.5, 0.6) is 0 Å². The molecule has 0 unspecified atom stereocenters. The molecule has 1 heteroatoms. The van der Waals surface area contributed by atoms with E-state index < -0.39 is 13.3 Å². The van der Waals surface area contributed by atoms with E-state index >= 15 is 0 Å². The molecule has 0 aromatic heterocycles. The van der Waals surface area contributed by atoms with E-state index in [1.165, 1.54) is 21.3 Å². The first kappa shape index (κ1) is 13.6. The van der Waals surface area contributed by atoms with Crippen LogP contribution in [0.25, 0.3) is 4.41 Å². The van der Waals surface area contributed by atoms with Gasteiger partial charge in [0, 0.05) is 0 Å². The number of benzene rings is 1. The van der Waals surface area contributed by atoms with Crippen molar-refractivity contribution in [2.45, 2.75) is 43.5 Å². The summed E-state index contributed by atoms with van der Waals surface area (Å²) in [5.41, 5.74) is 1.47. The predicted molar refractivity (Wildman–Crippen MR) is 77.3 cm³/mol. The van der Waals surface area contributed by atoms with E-state index in [2.05, 4.69) is 64.1 Å². The van der Waals surface area contributed by atoms with Crippen LogP contribution in [-0.4, -0.2) is 13.3 Å². The Morgan fingerprint density at radius 1 is 1.00 bits per heavy atom. The summed E-state index contributed by atoms with van der Waals surface area (Å²) in [5, 5.41) is 4.21. The quantitative estimate of drug-likeness (QED) is 0.654. The van der Waals surface area contributed by atoms with Crippen LogP contribution in [0.1, 0.15) is 33.3 Å². The van der Waals surface area contributed by atoms with Gasteiger partial charge in [-0.05, 0) is 0 Å². The summed E-state index contributed by atoms with van der Waals surface area (Å²) in [4.78, 5) is 0. The molecule has 0 heterocycles. The Balaban J connectivity index is 3.17. The molecule has 0 N–H and O–H groups in total. The third kappa shape index (κ3) is 2.60. The standard InChI is InChI=1S/C15H24Ge/c1-5-15(14-12-10-9-11-13-14)16(6-2,7-3)8-4/h5,9-13H,6-8H2,1-4H3/b15-5-. The van der Waals surface area contributed by atoms with Crippen LogP contribution < -0.4 is 0 Å². The van der Waals surface area contributed by atoms with Gasteiger partial charge in [-0.2, -0.15) is 0 Å². The summed E-state index contributed by atoms with van der Waals surface area (Å²) in [6, 6.07) is 11.0. The first-order chi connectivity index (χ1) is 7.74. The van der Waals surface area contributed by atoms with Crippen LogP contribution in [-0.2, 0) is 0 Å². The molecule has 0 saturated heterocycles. The van der Waals surface area contributed by atoms with Crippen molar-refractivity contribution in [1.29, 1.82) is 0 Å². The normalized spacial score (nSPS) is 12.9. The van der Waals surface area contributed by atoms with Crippen LogP contribution >= 0.6 is 0 Å². The third-order valence-electron chi connectivity index (χ3n) is 3.98. The molecule has 0 bridgehead atoms. The van der Waals surface area contributed by atoms with E-state index in [1.807, 2.05) is 0 Å². The second kappa shape index (κ2) is 6.29. The van der Waals surface area contributed by atoms with Gasteiger partial charge in [-0.25, -0.2) is 0 Å². The predicted octanol–water partition coefficient (Wildman–Crippen LogP) is 5.14. The molecular weight excluding hydrogens is 253 g/mol. The summed E-state index contributed by atoms with van der Waals surface area (Å²) >= 11 is -1.78. The molecule has 0 atom stereocenters. The van der Waals surface area contributed by atoms with Gasteiger partial charge in [0.1, 0.15) is 0 Å². The molecule has 0 amide bonds. The summed E-state index contributed by atoms with van der Waals surface area (Å²) in [7, 11) is 0. The van der Waals surface area contributed by atoms with Gasteiger partial charge in [0.05, 0.1) is 0 Å². The van der Waals surface area contributed by atoms with Crippen molar-refractivity contribution in [3.8, 4) is 0 Å². The van der Waals surface area contributed by atoms with E-state index in [9.17, 15) is 0 Å². The fourth-order valence-electron chi connectivity index (χ4n) is 2.72. The molecule has 0 saturated carbocycles. The van der Waals surface area contributed by atoms with E-state index in [0.29, 0.717) is 0 Å². The third-order valence-corrected chi connectivity index (χ3v) is 16.1. The monoisotopic (exact) mass is 278 g/mol. The molecule has 0 radical (unpaired) electrons. The molecule has 0 fully saturated rings. The summed E-state index contributed by atoms with van der Waals surface area (Å²) < 4.78 is 1.70. The van der Waals surface area contributed by atoms with E-state index in [4.69, 9.17) is 0 Å². The first-order valence-corrected chi connectivity index (χ1v) is 12.0. The zero-order valence-electron chi connectivity index (χ0n) is 11.1. The Hall–Kier alpha value is -0.497. The molecule has 1 rings (SSSR count). The van der Waals surface area contributed by atoms with Gasteiger partial charge in [0.2, 0.25) is 0 Å². The Kier molecular flexibility index (Phi) is 5.33. The van der Waals surface area contributed by atoms with Crippen LogP contribution in [0.3, 0.4) is 0 Å². The molecule has 88 valence electrons. The second-order valence-electron chi connectivity index (χ2n) is 4.41. The van der Waals surface area contributed by atoms with Gasteiger partial charge < -0.3 is 0 Å². The summed E-state index contributed by atoms with van der Waals surface area (Å²) in [6.45, 7) is 9.38. The van der Waals surface area contributed by atoms with Gasteiger partial charge in [-0.1, -0.05) is 0 Å². The zero-order valence-corrected chi connectivity index (χ0v) is 13.2. The van der Waals surface area contributed by atoms with Gasteiger partial charge >= 0.3 is 103 Å². The molecule has 0 aliphatic heterocycles. The summed E-state index contributed by atoms with van der Waals surface area (Å²) in [6.07, 6.45) is 2.38. The molecule has 0 spiro atoms. The molecule has 16 heavy (non-hydrogen) atoms. The minimum atomic E-state index is -1.78. The van der Waals surface area contributed by atoms with E-state index in [1.54, 1.807) is 4.41 Å². The zero-order chi connectivity index (χ0) is 12.0. The van der Waals surface area contributed by atoms with Crippen molar-refractivity contribution >= 4 is 17.7 Å². The fourth-order valence-corrected chi connectivity index (χ4v) is 11.2. The van der Waals surface area contributed by atoms with Crippen molar-refractivity contribution in [1.82, 2.24) is 0 Å². The number of hydrogen-bond donors (Lipinski definition) is 0. The topological polar surface area (TPSA) is 0 Å². The van der Waals surface area contributed by atoms with Gasteiger partial charge in [-0.15, -0.1) is 0 Å². The maximum atomic E-state index is 2.39. The Bertz CT molecular complexity index is 325. The Morgan fingerprint density at radius 2 is 1.50 bits per heavy atom. The maximum absolute atomic E-state index is 2.39. The van der Waals surface area contributed by atoms with Crippen molar-refractivity contribution < 1.29 is 0 Å². The number of allylic oxidation sites excluding steroid dienone is 1. The second-order valence-corrected chi connectivity index (χ2v) is 15.4. The average molecular weight is 277 g/mol. The Labute approximate surface area is 103 Å². The molecule has 1 aromatic carbocycles. The van der Waals surface area contributed by atoms with E-state index in [-0.39, 0.29) is 0 Å².